The standard InChI is InChI=1S/C16H14ClNO/c17-13-5-3-6-14(10-13)19-11-16-15-7-2-1-4-12(15)8-9-18-16/h1-7,10H,8-9,11H2. The third kappa shape index (κ3) is 2.79. The number of ether oxygens (including phenoxy) is 1. The summed E-state index contributed by atoms with van der Waals surface area (Å²) < 4.78 is 5.77. The van der Waals surface area contributed by atoms with E-state index in [-0.39, 0.29) is 0 Å². The molecule has 0 unspecified atom stereocenters. The Morgan fingerprint density at radius 3 is 2.89 bits per heavy atom. The van der Waals surface area contributed by atoms with Gasteiger partial charge in [-0.25, -0.2) is 0 Å². The average Bonchev–Trinajstić information content (AvgIpc) is 2.45. The van der Waals surface area contributed by atoms with Gasteiger partial charge in [0, 0.05) is 17.1 Å². The van der Waals surface area contributed by atoms with E-state index < -0.39 is 0 Å². The number of nitrogens with zero attached hydrogens (tertiary/aromatic N) is 1. The highest BCUT2D eigenvalue weighted by Gasteiger charge is 2.13. The number of hydrogen-bond acceptors (Lipinski definition) is 2. The molecule has 0 amide bonds. The van der Waals surface area contributed by atoms with Gasteiger partial charge in [-0.3, -0.25) is 4.99 Å². The van der Waals surface area contributed by atoms with Crippen molar-refractivity contribution in [2.45, 2.75) is 6.42 Å². The van der Waals surface area contributed by atoms with E-state index in [1.807, 2.05) is 30.3 Å². The maximum atomic E-state index is 5.94. The van der Waals surface area contributed by atoms with Gasteiger partial charge in [0.15, 0.2) is 0 Å². The summed E-state index contributed by atoms with van der Waals surface area (Å²) in [5.41, 5.74) is 3.57. The van der Waals surface area contributed by atoms with Crippen LogP contribution in [0.4, 0.5) is 0 Å². The molecule has 2 nitrogen and oxygen atoms in total. The van der Waals surface area contributed by atoms with E-state index in [0.717, 1.165) is 24.4 Å². The molecule has 96 valence electrons. The van der Waals surface area contributed by atoms with Gasteiger partial charge in [-0.1, -0.05) is 41.9 Å². The second-order valence-corrected chi connectivity index (χ2v) is 4.92. The van der Waals surface area contributed by atoms with Crippen LogP contribution in [-0.2, 0) is 6.42 Å². The SMILES string of the molecule is Clc1cccc(OCC2=NCCc3ccccc32)c1. The molecule has 0 aromatic heterocycles. The fraction of sp³-hybridized carbons (Fsp3) is 0.188. The molecule has 0 N–H and O–H groups in total. The molecule has 1 aliphatic rings. The van der Waals surface area contributed by atoms with E-state index in [2.05, 4.69) is 23.2 Å². The Morgan fingerprint density at radius 2 is 2.00 bits per heavy atom. The zero-order valence-electron chi connectivity index (χ0n) is 10.5. The van der Waals surface area contributed by atoms with Gasteiger partial charge in [0.05, 0.1) is 5.71 Å². The van der Waals surface area contributed by atoms with Crippen LogP contribution in [0.15, 0.2) is 53.5 Å². The summed E-state index contributed by atoms with van der Waals surface area (Å²) in [6.07, 6.45) is 1.01. The van der Waals surface area contributed by atoms with Gasteiger partial charge in [-0.05, 0) is 30.2 Å². The normalized spacial score (nSPS) is 13.6. The van der Waals surface area contributed by atoms with Crippen molar-refractivity contribution in [1.82, 2.24) is 0 Å². The second kappa shape index (κ2) is 5.45. The molecule has 2 aromatic rings. The molecule has 0 bridgehead atoms. The first-order valence-electron chi connectivity index (χ1n) is 6.33. The first-order chi connectivity index (χ1) is 9.33. The smallest absolute Gasteiger partial charge is 0.130 e. The van der Waals surface area contributed by atoms with Crippen LogP contribution in [0, 0.1) is 0 Å². The molecule has 3 heteroatoms. The maximum Gasteiger partial charge on any atom is 0.130 e. The molecule has 19 heavy (non-hydrogen) atoms. The van der Waals surface area contributed by atoms with E-state index in [4.69, 9.17) is 16.3 Å². The van der Waals surface area contributed by atoms with Crippen molar-refractivity contribution < 1.29 is 4.74 Å². The summed E-state index contributed by atoms with van der Waals surface area (Å²) >= 11 is 5.94. The number of aliphatic imine (C=N–C) groups is 1. The number of hydrogen-bond donors (Lipinski definition) is 0. The molecule has 2 aromatic carbocycles. The molecule has 0 atom stereocenters. The fourth-order valence-electron chi connectivity index (χ4n) is 2.25. The summed E-state index contributed by atoms with van der Waals surface area (Å²) in [6.45, 7) is 1.32. The van der Waals surface area contributed by atoms with Crippen LogP contribution in [0.3, 0.4) is 0 Å². The van der Waals surface area contributed by atoms with Gasteiger partial charge >= 0.3 is 0 Å². The van der Waals surface area contributed by atoms with Crippen molar-refractivity contribution in [2.75, 3.05) is 13.2 Å². The van der Waals surface area contributed by atoms with E-state index >= 15 is 0 Å². The number of benzene rings is 2. The predicted molar refractivity (Wildman–Crippen MR) is 78.5 cm³/mol. The largest absolute Gasteiger partial charge is 0.487 e. The molecule has 0 saturated heterocycles. The summed E-state index contributed by atoms with van der Waals surface area (Å²) in [5.74, 6) is 0.776. The number of fused-ring (bicyclic) bond motifs is 1. The number of rotatable bonds is 3. The molecule has 0 spiro atoms. The molecular weight excluding hydrogens is 258 g/mol. The third-order valence-corrected chi connectivity index (χ3v) is 3.42. The van der Waals surface area contributed by atoms with Crippen molar-refractivity contribution in [3.8, 4) is 5.75 Å². The summed E-state index contributed by atoms with van der Waals surface area (Å²) in [6, 6.07) is 15.8. The highest BCUT2D eigenvalue weighted by atomic mass is 35.5. The molecule has 0 saturated carbocycles. The Balaban J connectivity index is 1.76. The highest BCUT2D eigenvalue weighted by molar-refractivity contribution is 6.30. The van der Waals surface area contributed by atoms with Gasteiger partial charge in [0.1, 0.15) is 12.4 Å². The quantitative estimate of drug-likeness (QED) is 0.833. The minimum absolute atomic E-state index is 0.483. The predicted octanol–water partition coefficient (Wildman–Crippen LogP) is 3.76. The summed E-state index contributed by atoms with van der Waals surface area (Å²) in [5, 5.41) is 0.684. The van der Waals surface area contributed by atoms with Crippen molar-refractivity contribution >= 4 is 17.3 Å². The van der Waals surface area contributed by atoms with E-state index in [1.165, 1.54) is 11.1 Å². The molecule has 1 aliphatic heterocycles. The first-order valence-corrected chi connectivity index (χ1v) is 6.71. The highest BCUT2D eigenvalue weighted by Crippen LogP contribution is 2.19. The van der Waals surface area contributed by atoms with Crippen molar-refractivity contribution in [3.63, 3.8) is 0 Å². The molecule has 0 radical (unpaired) electrons. The minimum atomic E-state index is 0.483. The van der Waals surface area contributed by atoms with Gasteiger partial charge < -0.3 is 4.74 Å². The molecule has 1 heterocycles. The Morgan fingerprint density at radius 1 is 1.11 bits per heavy atom. The van der Waals surface area contributed by atoms with Crippen LogP contribution in [0.5, 0.6) is 5.75 Å². The Labute approximate surface area is 117 Å². The van der Waals surface area contributed by atoms with Crippen molar-refractivity contribution in [3.05, 3.63) is 64.7 Å². The van der Waals surface area contributed by atoms with Crippen LogP contribution in [-0.4, -0.2) is 18.9 Å². The summed E-state index contributed by atoms with van der Waals surface area (Å²) in [4.78, 5) is 4.57. The lowest BCUT2D eigenvalue weighted by Gasteiger charge is -2.17. The third-order valence-electron chi connectivity index (χ3n) is 3.18. The van der Waals surface area contributed by atoms with E-state index in [9.17, 15) is 0 Å². The van der Waals surface area contributed by atoms with Crippen molar-refractivity contribution in [2.24, 2.45) is 4.99 Å². The zero-order valence-corrected chi connectivity index (χ0v) is 11.2. The molecule has 0 fully saturated rings. The van der Waals surface area contributed by atoms with E-state index in [1.54, 1.807) is 0 Å². The lowest BCUT2D eigenvalue weighted by atomic mass is 9.98. The Bertz CT molecular complexity index is 622. The molecule has 0 aliphatic carbocycles. The Hall–Kier alpha value is -1.80. The number of halogens is 1. The lowest BCUT2D eigenvalue weighted by Crippen LogP contribution is -2.19. The molecular formula is C16H14ClNO. The maximum absolute atomic E-state index is 5.94. The minimum Gasteiger partial charge on any atom is -0.487 e. The van der Waals surface area contributed by atoms with Gasteiger partial charge in [0.2, 0.25) is 0 Å². The topological polar surface area (TPSA) is 21.6 Å². The monoisotopic (exact) mass is 271 g/mol. The summed E-state index contributed by atoms with van der Waals surface area (Å²) in [7, 11) is 0. The zero-order chi connectivity index (χ0) is 13.1. The van der Waals surface area contributed by atoms with Gasteiger partial charge in [-0.2, -0.15) is 0 Å². The lowest BCUT2D eigenvalue weighted by molar-refractivity contribution is 0.376. The van der Waals surface area contributed by atoms with Crippen LogP contribution in [0.1, 0.15) is 11.1 Å². The van der Waals surface area contributed by atoms with Crippen LogP contribution >= 0.6 is 11.6 Å². The average molecular weight is 272 g/mol. The van der Waals surface area contributed by atoms with Crippen LogP contribution < -0.4 is 4.74 Å². The van der Waals surface area contributed by atoms with Crippen molar-refractivity contribution in [1.29, 1.82) is 0 Å². The van der Waals surface area contributed by atoms with Gasteiger partial charge in [0.25, 0.3) is 0 Å². The van der Waals surface area contributed by atoms with E-state index in [0.29, 0.717) is 11.6 Å². The van der Waals surface area contributed by atoms with Crippen LogP contribution in [0.25, 0.3) is 0 Å². The first kappa shape index (κ1) is 12.2. The van der Waals surface area contributed by atoms with Crippen LogP contribution in [0.2, 0.25) is 5.02 Å². The van der Waals surface area contributed by atoms with Gasteiger partial charge in [-0.15, -0.1) is 0 Å². The molecule has 3 rings (SSSR count). The fourth-order valence-corrected chi connectivity index (χ4v) is 2.43. The second-order valence-electron chi connectivity index (χ2n) is 4.48. The Kier molecular flexibility index (Phi) is 3.51.